The van der Waals surface area contributed by atoms with Gasteiger partial charge >= 0.3 is 0 Å². The molecular weight excluding hydrogens is 406 g/mol. The molecule has 1 aliphatic carbocycles. The molecule has 4 rings (SSSR count). The Kier molecular flexibility index (Phi) is 5.52. The molecule has 29 heavy (non-hydrogen) atoms. The number of fused-ring (bicyclic) bond motifs is 3. The molecule has 7 nitrogen and oxygen atoms in total. The zero-order chi connectivity index (χ0) is 20.7. The van der Waals surface area contributed by atoms with Crippen LogP contribution in [0.15, 0.2) is 4.79 Å². The first kappa shape index (κ1) is 20.2. The van der Waals surface area contributed by atoms with Crippen LogP contribution in [0.5, 0.6) is 0 Å². The summed E-state index contributed by atoms with van der Waals surface area (Å²) in [5.74, 6) is 1.40. The van der Waals surface area contributed by atoms with Gasteiger partial charge < -0.3 is 10.3 Å². The van der Waals surface area contributed by atoms with Gasteiger partial charge in [0.15, 0.2) is 0 Å². The molecule has 1 amide bonds. The molecule has 0 aromatic carbocycles. The molecule has 1 unspecified atom stereocenters. The summed E-state index contributed by atoms with van der Waals surface area (Å²) in [7, 11) is 1.91. The quantitative estimate of drug-likeness (QED) is 0.626. The molecule has 3 aromatic heterocycles. The normalized spacial score (nSPS) is 14.3. The van der Waals surface area contributed by atoms with Crippen molar-refractivity contribution in [1.82, 2.24) is 25.1 Å². The zero-order valence-electron chi connectivity index (χ0n) is 17.1. The molecule has 3 aromatic rings. The second kappa shape index (κ2) is 7.95. The Hall–Kier alpha value is -2.13. The van der Waals surface area contributed by atoms with Crippen molar-refractivity contribution in [2.45, 2.75) is 51.8 Å². The first-order valence-electron chi connectivity index (χ1n) is 9.75. The molecule has 1 aliphatic rings. The van der Waals surface area contributed by atoms with Gasteiger partial charge in [0.05, 0.1) is 28.6 Å². The third kappa shape index (κ3) is 3.85. The second-order valence-corrected chi connectivity index (χ2v) is 9.61. The van der Waals surface area contributed by atoms with E-state index in [2.05, 4.69) is 20.4 Å². The lowest BCUT2D eigenvalue weighted by atomic mass is 10.1. The molecule has 1 atom stereocenters. The first-order chi connectivity index (χ1) is 13.8. The van der Waals surface area contributed by atoms with Crippen molar-refractivity contribution in [3.63, 3.8) is 0 Å². The van der Waals surface area contributed by atoms with Crippen LogP contribution >= 0.6 is 23.1 Å². The lowest BCUT2D eigenvalue weighted by Crippen LogP contribution is -2.29. The molecule has 0 spiro atoms. The fourth-order valence-electron chi connectivity index (χ4n) is 4.13. The van der Waals surface area contributed by atoms with E-state index in [1.165, 1.54) is 22.2 Å². The van der Waals surface area contributed by atoms with Gasteiger partial charge in [0.25, 0.3) is 5.56 Å². The number of rotatable bonds is 6. The number of H-pyrrole nitrogens is 1. The van der Waals surface area contributed by atoms with Crippen LogP contribution in [-0.2, 0) is 30.4 Å². The third-order valence-corrected chi connectivity index (χ3v) is 7.60. The number of nitrogens with one attached hydrogen (secondary N) is 2. The lowest BCUT2D eigenvalue weighted by Gasteiger charge is -2.14. The maximum absolute atomic E-state index is 12.5. The summed E-state index contributed by atoms with van der Waals surface area (Å²) < 4.78 is 1.83. The third-order valence-electron chi connectivity index (χ3n) is 5.47. The number of aryl methyl sites for hydroxylation is 4. The molecular formula is C20H25N5O2S2. The summed E-state index contributed by atoms with van der Waals surface area (Å²) >= 11 is 3.09. The van der Waals surface area contributed by atoms with E-state index in [9.17, 15) is 9.59 Å². The van der Waals surface area contributed by atoms with Gasteiger partial charge in [0.1, 0.15) is 10.7 Å². The Bertz CT molecular complexity index is 1140. The number of aromatic nitrogens is 4. The van der Waals surface area contributed by atoms with Crippen LogP contribution in [0, 0.1) is 13.8 Å². The number of hydrogen-bond donors (Lipinski definition) is 2. The number of nitrogens with zero attached hydrogens (tertiary/aromatic N) is 3. The fraction of sp³-hybridized carbons (Fsp3) is 0.500. The van der Waals surface area contributed by atoms with Gasteiger partial charge in [0.2, 0.25) is 5.91 Å². The van der Waals surface area contributed by atoms with E-state index in [-0.39, 0.29) is 17.5 Å². The fourth-order valence-corrected chi connectivity index (χ4v) is 6.11. The number of thiophene rings is 1. The van der Waals surface area contributed by atoms with Crippen molar-refractivity contribution < 1.29 is 4.79 Å². The van der Waals surface area contributed by atoms with Crippen LogP contribution in [0.3, 0.4) is 0 Å². The van der Waals surface area contributed by atoms with Gasteiger partial charge in [-0.3, -0.25) is 14.3 Å². The number of aromatic amines is 1. The van der Waals surface area contributed by atoms with Crippen molar-refractivity contribution in [3.8, 4) is 0 Å². The van der Waals surface area contributed by atoms with E-state index in [0.717, 1.165) is 46.4 Å². The minimum absolute atomic E-state index is 0.0383. The molecule has 3 heterocycles. The molecule has 0 bridgehead atoms. The Labute approximate surface area is 177 Å². The number of amides is 1. The van der Waals surface area contributed by atoms with E-state index in [0.29, 0.717) is 17.3 Å². The Morgan fingerprint density at radius 2 is 2.17 bits per heavy atom. The van der Waals surface area contributed by atoms with Crippen molar-refractivity contribution in [1.29, 1.82) is 0 Å². The van der Waals surface area contributed by atoms with E-state index < -0.39 is 0 Å². The second-order valence-electron chi connectivity index (χ2n) is 7.54. The average molecular weight is 432 g/mol. The van der Waals surface area contributed by atoms with Crippen molar-refractivity contribution in [2.24, 2.45) is 7.05 Å². The predicted octanol–water partition coefficient (Wildman–Crippen LogP) is 2.93. The predicted molar refractivity (Wildman–Crippen MR) is 118 cm³/mol. The summed E-state index contributed by atoms with van der Waals surface area (Å²) in [4.78, 5) is 34.5. The number of carbonyl (C=O) groups is 1. The summed E-state index contributed by atoms with van der Waals surface area (Å²) in [5, 5.41) is 8.22. The number of carbonyl (C=O) groups excluding carboxylic acids is 1. The molecule has 2 N–H and O–H groups in total. The van der Waals surface area contributed by atoms with Crippen LogP contribution in [0.1, 0.15) is 52.6 Å². The molecule has 0 fully saturated rings. The maximum atomic E-state index is 12.5. The Morgan fingerprint density at radius 1 is 1.38 bits per heavy atom. The van der Waals surface area contributed by atoms with Gasteiger partial charge in [-0.1, -0.05) is 0 Å². The van der Waals surface area contributed by atoms with E-state index in [1.54, 1.807) is 11.3 Å². The summed E-state index contributed by atoms with van der Waals surface area (Å²) in [6.07, 6.45) is 3.15. The monoisotopic (exact) mass is 431 g/mol. The highest BCUT2D eigenvalue weighted by molar-refractivity contribution is 7.99. The van der Waals surface area contributed by atoms with Crippen LogP contribution < -0.4 is 10.9 Å². The average Bonchev–Trinajstić information content (AvgIpc) is 3.28. The number of hydrogen-bond acceptors (Lipinski definition) is 6. The highest BCUT2D eigenvalue weighted by Gasteiger charge is 2.21. The molecule has 0 aliphatic heterocycles. The standard InChI is InChI=1S/C20H25N5O2S2/c1-10(17-11(2)24-25(4)12(17)3)21-16(26)9-28-8-15-22-19(27)18-13-6-5-7-14(13)29-20(18)23-15/h10H,5-9H2,1-4H3,(H,21,26)(H,22,23,27). The smallest absolute Gasteiger partial charge is 0.259 e. The lowest BCUT2D eigenvalue weighted by molar-refractivity contribution is -0.119. The van der Waals surface area contributed by atoms with Crippen molar-refractivity contribution in [2.75, 3.05) is 5.75 Å². The minimum atomic E-state index is -0.0976. The van der Waals surface area contributed by atoms with Crippen LogP contribution in [-0.4, -0.2) is 31.4 Å². The van der Waals surface area contributed by atoms with Gasteiger partial charge in [-0.15, -0.1) is 23.1 Å². The molecule has 0 saturated carbocycles. The van der Waals surface area contributed by atoms with Crippen LogP contribution in [0.25, 0.3) is 10.2 Å². The van der Waals surface area contributed by atoms with Gasteiger partial charge in [-0.2, -0.15) is 5.10 Å². The number of thioether (sulfide) groups is 1. The Morgan fingerprint density at radius 3 is 2.90 bits per heavy atom. The summed E-state index contributed by atoms with van der Waals surface area (Å²) in [6, 6.07) is -0.0976. The Balaban J connectivity index is 1.36. The van der Waals surface area contributed by atoms with Crippen LogP contribution in [0.4, 0.5) is 0 Å². The van der Waals surface area contributed by atoms with E-state index in [4.69, 9.17) is 0 Å². The molecule has 0 radical (unpaired) electrons. The largest absolute Gasteiger partial charge is 0.349 e. The van der Waals surface area contributed by atoms with E-state index in [1.807, 2.05) is 32.5 Å². The molecule has 154 valence electrons. The van der Waals surface area contributed by atoms with Gasteiger partial charge in [-0.25, -0.2) is 4.98 Å². The maximum Gasteiger partial charge on any atom is 0.259 e. The molecule has 0 saturated heterocycles. The first-order valence-corrected chi connectivity index (χ1v) is 11.7. The topological polar surface area (TPSA) is 92.7 Å². The highest BCUT2D eigenvalue weighted by atomic mass is 32.2. The summed E-state index contributed by atoms with van der Waals surface area (Å²) in [6.45, 7) is 5.94. The van der Waals surface area contributed by atoms with Crippen LogP contribution in [0.2, 0.25) is 0 Å². The van der Waals surface area contributed by atoms with Gasteiger partial charge in [0, 0.05) is 23.2 Å². The summed E-state index contributed by atoms with van der Waals surface area (Å²) in [5.41, 5.74) is 4.19. The molecule has 9 heteroatoms. The minimum Gasteiger partial charge on any atom is -0.349 e. The van der Waals surface area contributed by atoms with Crippen molar-refractivity contribution >= 4 is 39.2 Å². The van der Waals surface area contributed by atoms with Crippen molar-refractivity contribution in [3.05, 3.63) is 43.6 Å². The van der Waals surface area contributed by atoms with Gasteiger partial charge in [-0.05, 0) is 45.6 Å². The zero-order valence-corrected chi connectivity index (χ0v) is 18.7. The van der Waals surface area contributed by atoms with E-state index >= 15 is 0 Å². The SMILES string of the molecule is Cc1nn(C)c(C)c1C(C)NC(=O)CSCc1nc2sc3c(c2c(=O)[nH]1)CCC3. The highest BCUT2D eigenvalue weighted by Crippen LogP contribution is 2.34.